The monoisotopic (exact) mass is 177 g/mol. The van der Waals surface area contributed by atoms with Crippen molar-refractivity contribution in [3.8, 4) is 0 Å². The highest BCUT2D eigenvalue weighted by atomic mass is 16.2. The van der Waals surface area contributed by atoms with Crippen LogP contribution >= 0.6 is 0 Å². The molecule has 1 N–H and O–H groups in total. The van der Waals surface area contributed by atoms with E-state index in [0.717, 1.165) is 12.8 Å². The zero-order valence-electron chi connectivity index (χ0n) is 7.45. The molecule has 0 bridgehead atoms. The van der Waals surface area contributed by atoms with Gasteiger partial charge < -0.3 is 5.32 Å². The Balaban J connectivity index is 2.04. The maximum Gasteiger partial charge on any atom is 0.228 e. The number of anilines is 1. The van der Waals surface area contributed by atoms with Gasteiger partial charge in [-0.3, -0.25) is 4.79 Å². The number of amides is 1. The molecule has 1 aromatic heterocycles. The first-order valence-electron chi connectivity index (χ1n) is 4.36. The first-order chi connectivity index (χ1) is 6.25. The van der Waals surface area contributed by atoms with Gasteiger partial charge in [-0.25, -0.2) is 9.97 Å². The smallest absolute Gasteiger partial charge is 0.228 e. The molecule has 68 valence electrons. The van der Waals surface area contributed by atoms with E-state index >= 15 is 0 Å². The summed E-state index contributed by atoms with van der Waals surface area (Å²) in [5.74, 6) is 1.58. The van der Waals surface area contributed by atoms with Crippen LogP contribution in [0.5, 0.6) is 0 Å². The van der Waals surface area contributed by atoms with Crippen molar-refractivity contribution >= 4 is 11.7 Å². The minimum absolute atomic E-state index is 0.0816. The Morgan fingerprint density at radius 3 is 3.00 bits per heavy atom. The van der Waals surface area contributed by atoms with Crippen LogP contribution in [0.4, 0.5) is 5.82 Å². The highest BCUT2D eigenvalue weighted by molar-refractivity contribution is 5.93. The van der Waals surface area contributed by atoms with Crippen LogP contribution in [0, 0.1) is 12.8 Å². The molecular formula is C9H11N3O. The average molecular weight is 177 g/mol. The Kier molecular flexibility index (Phi) is 1.96. The second-order valence-electron chi connectivity index (χ2n) is 3.25. The van der Waals surface area contributed by atoms with Crippen molar-refractivity contribution in [2.75, 3.05) is 5.32 Å². The average Bonchev–Trinajstić information content (AvgIpc) is 2.85. The predicted octanol–water partition coefficient (Wildman–Crippen LogP) is 1.13. The van der Waals surface area contributed by atoms with Gasteiger partial charge in [-0.15, -0.1) is 0 Å². The second-order valence-corrected chi connectivity index (χ2v) is 3.25. The summed E-state index contributed by atoms with van der Waals surface area (Å²) in [6.45, 7) is 1.80. The lowest BCUT2D eigenvalue weighted by Crippen LogP contribution is -2.14. The van der Waals surface area contributed by atoms with Crippen molar-refractivity contribution in [2.24, 2.45) is 5.92 Å². The summed E-state index contributed by atoms with van der Waals surface area (Å²) in [6.07, 6.45) is 3.66. The molecule has 4 nitrogen and oxygen atoms in total. The number of nitrogens with one attached hydrogen (secondary N) is 1. The van der Waals surface area contributed by atoms with Crippen LogP contribution in [-0.4, -0.2) is 15.9 Å². The van der Waals surface area contributed by atoms with E-state index in [-0.39, 0.29) is 11.8 Å². The molecule has 1 aliphatic carbocycles. The highest BCUT2D eigenvalue weighted by Gasteiger charge is 2.29. The van der Waals surface area contributed by atoms with Crippen molar-refractivity contribution < 1.29 is 4.79 Å². The Morgan fingerprint density at radius 2 is 2.38 bits per heavy atom. The molecule has 0 radical (unpaired) electrons. The summed E-state index contributed by atoms with van der Waals surface area (Å²) in [6, 6.07) is 1.70. The zero-order chi connectivity index (χ0) is 9.26. The third-order valence-corrected chi connectivity index (χ3v) is 1.98. The van der Waals surface area contributed by atoms with Crippen LogP contribution in [0.2, 0.25) is 0 Å². The van der Waals surface area contributed by atoms with Gasteiger partial charge in [-0.1, -0.05) is 0 Å². The summed E-state index contributed by atoms with van der Waals surface area (Å²) in [7, 11) is 0. The SMILES string of the molecule is Cc1nccc(NC(=O)C2CC2)n1. The van der Waals surface area contributed by atoms with Gasteiger partial charge in [0.25, 0.3) is 0 Å². The van der Waals surface area contributed by atoms with E-state index in [1.807, 2.05) is 0 Å². The Morgan fingerprint density at radius 1 is 1.62 bits per heavy atom. The number of aromatic nitrogens is 2. The van der Waals surface area contributed by atoms with Gasteiger partial charge in [0, 0.05) is 12.1 Å². The first kappa shape index (κ1) is 8.16. The molecule has 0 atom stereocenters. The number of nitrogens with zero attached hydrogens (tertiary/aromatic N) is 2. The number of hydrogen-bond acceptors (Lipinski definition) is 3. The number of hydrogen-bond donors (Lipinski definition) is 1. The van der Waals surface area contributed by atoms with Crippen molar-refractivity contribution in [1.29, 1.82) is 0 Å². The van der Waals surface area contributed by atoms with Crippen LogP contribution in [0.25, 0.3) is 0 Å². The maximum atomic E-state index is 11.3. The molecule has 0 aliphatic heterocycles. The number of carbonyl (C=O) groups excluding carboxylic acids is 1. The molecule has 0 saturated heterocycles. The lowest BCUT2D eigenvalue weighted by molar-refractivity contribution is -0.117. The standard InChI is InChI=1S/C9H11N3O/c1-6-10-5-4-8(11-6)12-9(13)7-2-3-7/h4-5,7H,2-3H2,1H3,(H,10,11,12,13). The molecular weight excluding hydrogens is 166 g/mol. The summed E-state index contributed by atoms with van der Waals surface area (Å²) in [5, 5.41) is 2.75. The fourth-order valence-electron chi connectivity index (χ4n) is 1.10. The molecule has 1 aliphatic rings. The van der Waals surface area contributed by atoms with E-state index in [1.54, 1.807) is 19.2 Å². The summed E-state index contributed by atoms with van der Waals surface area (Å²) in [4.78, 5) is 19.3. The molecule has 1 amide bonds. The summed E-state index contributed by atoms with van der Waals surface area (Å²) < 4.78 is 0. The molecule has 1 fully saturated rings. The first-order valence-corrected chi connectivity index (χ1v) is 4.36. The van der Waals surface area contributed by atoms with Crippen LogP contribution in [-0.2, 0) is 4.79 Å². The fourth-order valence-corrected chi connectivity index (χ4v) is 1.10. The lowest BCUT2D eigenvalue weighted by atomic mass is 10.4. The van der Waals surface area contributed by atoms with Gasteiger partial charge in [0.2, 0.25) is 5.91 Å². The van der Waals surface area contributed by atoms with Crippen LogP contribution in [0.15, 0.2) is 12.3 Å². The van der Waals surface area contributed by atoms with Crippen LogP contribution < -0.4 is 5.32 Å². The van der Waals surface area contributed by atoms with E-state index in [0.29, 0.717) is 11.6 Å². The summed E-state index contributed by atoms with van der Waals surface area (Å²) in [5.41, 5.74) is 0. The van der Waals surface area contributed by atoms with E-state index in [1.165, 1.54) is 0 Å². The molecule has 0 unspecified atom stereocenters. The molecule has 0 spiro atoms. The number of rotatable bonds is 2. The van der Waals surface area contributed by atoms with Gasteiger partial charge in [-0.2, -0.15) is 0 Å². The largest absolute Gasteiger partial charge is 0.310 e. The maximum absolute atomic E-state index is 11.3. The van der Waals surface area contributed by atoms with Crippen LogP contribution in [0.3, 0.4) is 0 Å². The quantitative estimate of drug-likeness (QED) is 0.736. The number of carbonyl (C=O) groups is 1. The highest BCUT2D eigenvalue weighted by Crippen LogP contribution is 2.29. The molecule has 1 saturated carbocycles. The van der Waals surface area contributed by atoms with Crippen molar-refractivity contribution in [3.63, 3.8) is 0 Å². The Labute approximate surface area is 76.4 Å². The molecule has 1 heterocycles. The third kappa shape index (κ3) is 2.02. The van der Waals surface area contributed by atoms with Crippen molar-refractivity contribution in [2.45, 2.75) is 19.8 Å². The normalized spacial score (nSPS) is 15.5. The van der Waals surface area contributed by atoms with E-state index in [2.05, 4.69) is 15.3 Å². The zero-order valence-corrected chi connectivity index (χ0v) is 7.45. The van der Waals surface area contributed by atoms with Gasteiger partial charge in [-0.05, 0) is 25.8 Å². The van der Waals surface area contributed by atoms with Crippen LogP contribution in [0.1, 0.15) is 18.7 Å². The minimum atomic E-state index is 0.0816. The van der Waals surface area contributed by atoms with Gasteiger partial charge in [0.15, 0.2) is 0 Å². The molecule has 13 heavy (non-hydrogen) atoms. The van der Waals surface area contributed by atoms with Crippen molar-refractivity contribution in [1.82, 2.24) is 9.97 Å². The third-order valence-electron chi connectivity index (χ3n) is 1.98. The van der Waals surface area contributed by atoms with E-state index in [9.17, 15) is 4.79 Å². The Hall–Kier alpha value is -1.45. The topological polar surface area (TPSA) is 54.9 Å². The van der Waals surface area contributed by atoms with E-state index in [4.69, 9.17) is 0 Å². The predicted molar refractivity (Wildman–Crippen MR) is 48.1 cm³/mol. The lowest BCUT2D eigenvalue weighted by Gasteiger charge is -2.02. The second kappa shape index (κ2) is 3.12. The summed E-state index contributed by atoms with van der Waals surface area (Å²) >= 11 is 0. The van der Waals surface area contributed by atoms with Gasteiger partial charge in [0.05, 0.1) is 0 Å². The number of aryl methyl sites for hydroxylation is 1. The van der Waals surface area contributed by atoms with Gasteiger partial charge >= 0.3 is 0 Å². The van der Waals surface area contributed by atoms with Crippen molar-refractivity contribution in [3.05, 3.63) is 18.1 Å². The minimum Gasteiger partial charge on any atom is -0.310 e. The fraction of sp³-hybridized carbons (Fsp3) is 0.444. The van der Waals surface area contributed by atoms with Gasteiger partial charge in [0.1, 0.15) is 11.6 Å². The molecule has 2 rings (SSSR count). The van der Waals surface area contributed by atoms with E-state index < -0.39 is 0 Å². The molecule has 4 heteroatoms. The molecule has 0 aromatic carbocycles. The molecule has 1 aromatic rings. The Bertz CT molecular complexity index is 333.